The van der Waals surface area contributed by atoms with E-state index < -0.39 is 30.3 Å². The molecule has 0 saturated carbocycles. The zero-order valence-corrected chi connectivity index (χ0v) is 37.1. The Morgan fingerprint density at radius 2 is 0.881 bits per heavy atom. The number of aliphatic carboxylic acids is 1. The van der Waals surface area contributed by atoms with Gasteiger partial charge in [0.05, 0.1) is 34.4 Å². The quantitative estimate of drug-likeness (QED) is 0.0217. The minimum absolute atomic E-state index is 0.160. The molecule has 0 aliphatic rings. The fourth-order valence-electron chi connectivity index (χ4n) is 4.90. The lowest BCUT2D eigenvalue weighted by atomic mass is 10.2. The van der Waals surface area contributed by atoms with E-state index in [0.717, 1.165) is 70.6 Å². The highest BCUT2D eigenvalue weighted by atomic mass is 16.7. The summed E-state index contributed by atoms with van der Waals surface area (Å²) in [6, 6.07) is 0. The van der Waals surface area contributed by atoms with Crippen molar-refractivity contribution in [3.05, 3.63) is 122 Å². The molecule has 2 atom stereocenters. The van der Waals surface area contributed by atoms with Gasteiger partial charge in [0.1, 0.15) is 13.2 Å². The summed E-state index contributed by atoms with van der Waals surface area (Å²) in [4.78, 5) is 37.1. The molecule has 0 rings (SSSR count). The molecule has 1 unspecified atom stereocenters. The van der Waals surface area contributed by atoms with Gasteiger partial charge in [-0.2, -0.15) is 0 Å². The van der Waals surface area contributed by atoms with E-state index in [0.29, 0.717) is 30.3 Å². The Morgan fingerprint density at radius 3 is 1.25 bits per heavy atom. The monoisotopic (exact) mass is 821 g/mol. The van der Waals surface area contributed by atoms with Crippen molar-refractivity contribution < 1.29 is 42.9 Å². The summed E-state index contributed by atoms with van der Waals surface area (Å²) in [7, 11) is 5.90. The van der Waals surface area contributed by atoms with Crippen LogP contribution < -0.4 is 0 Å². The third-order valence-electron chi connectivity index (χ3n) is 8.21. The fourth-order valence-corrected chi connectivity index (χ4v) is 4.90. The molecule has 1 N–H and O–H groups in total. The maximum absolute atomic E-state index is 12.7. The first-order valence-electron chi connectivity index (χ1n) is 21.7. The Kier molecular flexibility index (Phi) is 37.5. The second-order valence-electron chi connectivity index (χ2n) is 14.9. The number of nitrogens with zero attached hydrogens (tertiary/aromatic N) is 1. The Labute approximate surface area is 357 Å². The molecule has 330 valence electrons. The first-order valence-corrected chi connectivity index (χ1v) is 21.7. The number of allylic oxidation sites excluding steroid dienone is 20. The van der Waals surface area contributed by atoms with E-state index in [4.69, 9.17) is 18.9 Å². The Bertz CT molecular complexity index is 1370. The molecule has 0 bridgehead atoms. The second-order valence-corrected chi connectivity index (χ2v) is 14.9. The molecule has 0 aliphatic carbocycles. The van der Waals surface area contributed by atoms with Gasteiger partial charge in [-0.3, -0.25) is 9.59 Å². The van der Waals surface area contributed by atoms with Gasteiger partial charge >= 0.3 is 17.9 Å². The van der Waals surface area contributed by atoms with Gasteiger partial charge in [-0.1, -0.05) is 135 Å². The number of likely N-dealkylation sites (N-methyl/N-ethyl adjacent to an activating group) is 1. The third-order valence-corrected chi connectivity index (χ3v) is 8.21. The number of unbranched alkanes of at least 4 members (excludes halogenated alkanes) is 2. The van der Waals surface area contributed by atoms with Crippen molar-refractivity contribution in [2.75, 3.05) is 47.5 Å². The van der Waals surface area contributed by atoms with Gasteiger partial charge in [-0.05, 0) is 89.9 Å². The zero-order chi connectivity index (χ0) is 43.5. The Morgan fingerprint density at radius 1 is 0.508 bits per heavy atom. The van der Waals surface area contributed by atoms with Crippen LogP contribution in [0.4, 0.5) is 0 Å². The van der Waals surface area contributed by atoms with E-state index in [1.807, 2.05) is 33.3 Å². The summed E-state index contributed by atoms with van der Waals surface area (Å²) in [6.07, 6.45) is 52.8. The van der Waals surface area contributed by atoms with Crippen LogP contribution in [-0.4, -0.2) is 87.4 Å². The predicted octanol–water partition coefficient (Wildman–Crippen LogP) is 11.4. The van der Waals surface area contributed by atoms with Gasteiger partial charge in [-0.25, -0.2) is 4.79 Å². The number of carbonyl (C=O) groups is 3. The molecule has 0 amide bonds. The molecule has 0 spiro atoms. The number of esters is 2. The molecule has 9 heteroatoms. The number of hydrogen-bond donors (Lipinski definition) is 1. The molecule has 0 saturated heterocycles. The summed E-state index contributed by atoms with van der Waals surface area (Å²) in [5, 5.41) is 9.62. The van der Waals surface area contributed by atoms with Crippen molar-refractivity contribution in [1.82, 2.24) is 0 Å². The summed E-state index contributed by atoms with van der Waals surface area (Å²) in [5.41, 5.74) is 0. The molecule has 0 aromatic rings. The average molecular weight is 821 g/mol. The van der Waals surface area contributed by atoms with Crippen molar-refractivity contribution in [1.29, 1.82) is 0 Å². The Balaban J connectivity index is 4.69. The molecule has 0 aliphatic heterocycles. The van der Waals surface area contributed by atoms with Crippen molar-refractivity contribution in [2.24, 2.45) is 0 Å². The maximum atomic E-state index is 12.7. The molecule has 9 nitrogen and oxygen atoms in total. The van der Waals surface area contributed by atoms with Crippen LogP contribution in [0.25, 0.3) is 0 Å². The molecule has 59 heavy (non-hydrogen) atoms. The molecule has 0 aromatic heterocycles. The van der Waals surface area contributed by atoms with Crippen LogP contribution in [0.2, 0.25) is 0 Å². The lowest BCUT2D eigenvalue weighted by molar-refractivity contribution is -0.870. The summed E-state index contributed by atoms with van der Waals surface area (Å²) >= 11 is 0. The number of quaternary nitrogens is 1. The highest BCUT2D eigenvalue weighted by molar-refractivity contribution is 5.71. The topological polar surface area (TPSA) is 108 Å². The van der Waals surface area contributed by atoms with Crippen LogP contribution in [0, 0.1) is 0 Å². The molecule has 0 aromatic carbocycles. The molecule has 0 radical (unpaired) electrons. The van der Waals surface area contributed by atoms with Gasteiger partial charge in [-0.15, -0.1) is 0 Å². The molecular weight excluding hydrogens is 743 g/mol. The first-order chi connectivity index (χ1) is 28.6. The standard InChI is InChI=1S/C50H77NO8/c1-6-8-10-12-14-16-18-20-22-24-26-28-30-32-34-36-38-40-47(52)57-44-46(45-58-50(49(54)55)56-43-42-51(3,4)5)59-48(53)41-39-37-35-33-31-29-27-25-23-21-19-17-15-13-11-9-7-2/h8-11,14-17,20-23,26-29,32-35,46,50H,6-7,12-13,18-19,24-25,30-31,36-45H2,1-5H3/p+1/b10-8-,11-9-,16-14-,17-15-,22-20-,23-21-,28-26-,29-27-,34-32-,35-33-/t46-,50?/m1/s1. The highest BCUT2D eigenvalue weighted by Gasteiger charge is 2.25. The van der Waals surface area contributed by atoms with Gasteiger partial charge < -0.3 is 28.5 Å². The maximum Gasteiger partial charge on any atom is 0.361 e. The number of ether oxygens (including phenoxy) is 4. The second kappa shape index (κ2) is 40.5. The van der Waals surface area contributed by atoms with E-state index in [9.17, 15) is 19.5 Å². The van der Waals surface area contributed by atoms with E-state index >= 15 is 0 Å². The number of carboxylic acids is 1. The summed E-state index contributed by atoms with van der Waals surface area (Å²) in [5.74, 6) is -2.19. The van der Waals surface area contributed by atoms with Crippen molar-refractivity contribution >= 4 is 17.9 Å². The first kappa shape index (κ1) is 54.7. The van der Waals surface area contributed by atoms with Gasteiger partial charge in [0.25, 0.3) is 6.29 Å². The fraction of sp³-hybridized carbons (Fsp3) is 0.540. The van der Waals surface area contributed by atoms with Crippen LogP contribution in [0.1, 0.15) is 117 Å². The largest absolute Gasteiger partial charge is 0.477 e. The summed E-state index contributed by atoms with van der Waals surface area (Å²) in [6.45, 7) is 4.46. The van der Waals surface area contributed by atoms with E-state index in [1.54, 1.807) is 0 Å². The SMILES string of the molecule is CC/C=C\C/C=C\C/C=C\C/C=C\C/C=C\CCCC(=O)OC[C@H](COC(OCC[N+](C)(C)C)C(=O)O)OC(=O)CCC/C=C\C/C=C\C/C=C\C/C=C\C/C=C\CC. The highest BCUT2D eigenvalue weighted by Crippen LogP contribution is 2.09. The van der Waals surface area contributed by atoms with Crippen molar-refractivity contribution in [2.45, 2.75) is 129 Å². The third kappa shape index (κ3) is 41.6. The van der Waals surface area contributed by atoms with Gasteiger partial charge in [0.15, 0.2) is 6.10 Å². The van der Waals surface area contributed by atoms with Crippen molar-refractivity contribution in [3.8, 4) is 0 Å². The van der Waals surface area contributed by atoms with Crippen LogP contribution in [0.15, 0.2) is 122 Å². The number of rotatable bonds is 37. The minimum atomic E-state index is -1.54. The molecule has 0 heterocycles. The van der Waals surface area contributed by atoms with Crippen LogP contribution in [0.5, 0.6) is 0 Å². The minimum Gasteiger partial charge on any atom is -0.477 e. The van der Waals surface area contributed by atoms with E-state index in [2.05, 4.69) is 123 Å². The predicted molar refractivity (Wildman–Crippen MR) is 244 cm³/mol. The van der Waals surface area contributed by atoms with Gasteiger partial charge in [0.2, 0.25) is 0 Å². The normalized spacial score (nSPS) is 14.1. The summed E-state index contributed by atoms with van der Waals surface area (Å²) < 4.78 is 22.6. The zero-order valence-electron chi connectivity index (χ0n) is 37.1. The number of carboxylic acid groups (broad SMARTS) is 1. The molecule has 0 fully saturated rings. The number of carbonyl (C=O) groups excluding carboxylic acids is 2. The lowest BCUT2D eigenvalue weighted by Crippen LogP contribution is -2.40. The molecular formula is C50H78NO8+. The van der Waals surface area contributed by atoms with E-state index in [1.165, 1.54) is 0 Å². The van der Waals surface area contributed by atoms with Crippen LogP contribution in [-0.2, 0) is 33.3 Å². The van der Waals surface area contributed by atoms with Gasteiger partial charge in [0, 0.05) is 12.8 Å². The van der Waals surface area contributed by atoms with E-state index in [-0.39, 0.29) is 32.7 Å². The lowest BCUT2D eigenvalue weighted by Gasteiger charge is -2.25. The van der Waals surface area contributed by atoms with Crippen molar-refractivity contribution in [3.63, 3.8) is 0 Å². The number of hydrogen-bond acceptors (Lipinski definition) is 7. The van der Waals surface area contributed by atoms with Crippen LogP contribution in [0.3, 0.4) is 0 Å². The Hall–Kier alpha value is -4.31. The average Bonchev–Trinajstić information content (AvgIpc) is 3.19. The smallest absolute Gasteiger partial charge is 0.361 e. The van der Waals surface area contributed by atoms with Crippen LogP contribution >= 0.6 is 0 Å².